The molecule has 5 heteroatoms. The van der Waals surface area contributed by atoms with Crippen LogP contribution in [0, 0.1) is 20.8 Å². The molecule has 1 saturated heterocycles. The molecule has 1 amide bonds. The fourth-order valence-corrected chi connectivity index (χ4v) is 3.30. The van der Waals surface area contributed by atoms with Crippen molar-refractivity contribution in [2.75, 3.05) is 6.54 Å². The van der Waals surface area contributed by atoms with Gasteiger partial charge in [-0.05, 0) is 44.2 Å². The largest absolute Gasteiger partial charge is 0.340 e. The van der Waals surface area contributed by atoms with Crippen LogP contribution in [0.3, 0.4) is 0 Å². The Balaban J connectivity index is 1.69. The van der Waals surface area contributed by atoms with Gasteiger partial charge in [0.05, 0.1) is 6.42 Å². The zero-order valence-corrected chi connectivity index (χ0v) is 14.0. The van der Waals surface area contributed by atoms with Crippen molar-refractivity contribution in [3.05, 3.63) is 46.6 Å². The van der Waals surface area contributed by atoms with E-state index >= 15 is 0 Å². The van der Waals surface area contributed by atoms with E-state index in [4.69, 9.17) is 4.52 Å². The van der Waals surface area contributed by atoms with Gasteiger partial charge in [0.25, 0.3) is 0 Å². The standard InChI is InChI=1S/C18H23N3O2/c1-12-6-7-13(2)15(9-12)10-16-5-4-8-21(16)18(22)11-17-19-14(3)23-20-17/h6-7,9,16H,4-5,8,10-11H2,1-3H3. The first-order valence-electron chi connectivity index (χ1n) is 8.17. The minimum atomic E-state index is 0.0959. The van der Waals surface area contributed by atoms with E-state index < -0.39 is 0 Å². The zero-order valence-electron chi connectivity index (χ0n) is 14.0. The maximum Gasteiger partial charge on any atom is 0.230 e. The van der Waals surface area contributed by atoms with Crippen molar-refractivity contribution in [1.82, 2.24) is 15.0 Å². The van der Waals surface area contributed by atoms with Gasteiger partial charge < -0.3 is 9.42 Å². The van der Waals surface area contributed by atoms with Crippen LogP contribution >= 0.6 is 0 Å². The lowest BCUT2D eigenvalue weighted by Crippen LogP contribution is -2.38. The number of hydrogen-bond acceptors (Lipinski definition) is 4. The summed E-state index contributed by atoms with van der Waals surface area (Å²) in [5, 5.41) is 3.83. The third kappa shape index (κ3) is 3.60. The number of carbonyl (C=O) groups excluding carboxylic acids is 1. The molecule has 3 rings (SSSR count). The Kier molecular flexibility index (Phi) is 4.46. The van der Waals surface area contributed by atoms with Crippen LogP contribution in [0.2, 0.25) is 0 Å². The van der Waals surface area contributed by atoms with Crippen LogP contribution in [0.5, 0.6) is 0 Å². The van der Waals surface area contributed by atoms with Gasteiger partial charge in [-0.1, -0.05) is 28.9 Å². The van der Waals surface area contributed by atoms with Gasteiger partial charge in [0.1, 0.15) is 0 Å². The smallest absolute Gasteiger partial charge is 0.230 e. The molecule has 2 heterocycles. The third-order valence-corrected chi connectivity index (χ3v) is 4.54. The predicted octanol–water partition coefficient (Wildman–Crippen LogP) is 2.77. The summed E-state index contributed by atoms with van der Waals surface area (Å²) in [5.74, 6) is 1.07. The Morgan fingerprint density at radius 3 is 2.91 bits per heavy atom. The number of carbonyl (C=O) groups is 1. The van der Waals surface area contributed by atoms with Gasteiger partial charge in [-0.2, -0.15) is 4.98 Å². The number of hydrogen-bond donors (Lipinski definition) is 0. The average Bonchev–Trinajstić information content (AvgIpc) is 3.12. The molecular formula is C18H23N3O2. The molecule has 1 fully saturated rings. The molecule has 5 nitrogen and oxygen atoms in total. The van der Waals surface area contributed by atoms with Crippen LogP contribution < -0.4 is 0 Å². The van der Waals surface area contributed by atoms with Crippen molar-refractivity contribution in [2.24, 2.45) is 0 Å². The highest BCUT2D eigenvalue weighted by molar-refractivity contribution is 5.78. The van der Waals surface area contributed by atoms with Gasteiger partial charge in [-0.25, -0.2) is 0 Å². The number of nitrogens with zero attached hydrogens (tertiary/aromatic N) is 3. The number of rotatable bonds is 4. The number of aryl methyl sites for hydroxylation is 3. The first-order chi connectivity index (χ1) is 11.0. The molecule has 23 heavy (non-hydrogen) atoms. The monoisotopic (exact) mass is 313 g/mol. The molecule has 1 aliphatic rings. The van der Waals surface area contributed by atoms with Crippen molar-refractivity contribution >= 4 is 5.91 Å². The Labute approximate surface area is 136 Å². The highest BCUT2D eigenvalue weighted by Gasteiger charge is 2.29. The van der Waals surface area contributed by atoms with Crippen molar-refractivity contribution < 1.29 is 9.32 Å². The number of benzene rings is 1. The van der Waals surface area contributed by atoms with Crippen LogP contribution in [-0.2, 0) is 17.6 Å². The fraction of sp³-hybridized carbons (Fsp3) is 0.500. The molecule has 1 aromatic carbocycles. The highest BCUT2D eigenvalue weighted by Crippen LogP contribution is 2.24. The van der Waals surface area contributed by atoms with Gasteiger partial charge in [0.2, 0.25) is 11.8 Å². The summed E-state index contributed by atoms with van der Waals surface area (Å²) in [6.07, 6.45) is 3.27. The Hall–Kier alpha value is -2.17. The Morgan fingerprint density at radius 1 is 1.35 bits per heavy atom. The topological polar surface area (TPSA) is 59.2 Å². The molecule has 0 saturated carbocycles. The van der Waals surface area contributed by atoms with E-state index in [9.17, 15) is 4.79 Å². The summed E-state index contributed by atoms with van der Waals surface area (Å²) >= 11 is 0. The van der Waals surface area contributed by atoms with E-state index in [-0.39, 0.29) is 18.4 Å². The SMILES string of the molecule is Cc1ccc(C)c(CC2CCCN2C(=O)Cc2noc(C)n2)c1. The van der Waals surface area contributed by atoms with E-state index in [2.05, 4.69) is 42.2 Å². The molecule has 122 valence electrons. The fourth-order valence-electron chi connectivity index (χ4n) is 3.30. The van der Waals surface area contributed by atoms with Gasteiger partial charge in [-0.3, -0.25) is 4.79 Å². The van der Waals surface area contributed by atoms with E-state index in [1.807, 2.05) is 4.90 Å². The third-order valence-electron chi connectivity index (χ3n) is 4.54. The van der Waals surface area contributed by atoms with Crippen LogP contribution in [0.4, 0.5) is 0 Å². The van der Waals surface area contributed by atoms with Gasteiger partial charge in [0.15, 0.2) is 5.82 Å². The summed E-state index contributed by atoms with van der Waals surface area (Å²) in [7, 11) is 0. The van der Waals surface area contributed by atoms with E-state index in [0.29, 0.717) is 11.7 Å². The first kappa shape index (κ1) is 15.7. The minimum Gasteiger partial charge on any atom is -0.340 e. The van der Waals surface area contributed by atoms with Crippen LogP contribution in [0.1, 0.15) is 41.2 Å². The predicted molar refractivity (Wildman–Crippen MR) is 87.1 cm³/mol. The van der Waals surface area contributed by atoms with E-state index in [1.54, 1.807) is 6.92 Å². The molecule has 1 aliphatic heterocycles. The molecule has 0 radical (unpaired) electrons. The molecule has 0 N–H and O–H groups in total. The van der Waals surface area contributed by atoms with Crippen LogP contribution in [0.15, 0.2) is 22.7 Å². The summed E-state index contributed by atoms with van der Waals surface area (Å²) in [6, 6.07) is 6.80. The molecule has 1 aromatic heterocycles. The quantitative estimate of drug-likeness (QED) is 0.871. The molecule has 1 atom stereocenters. The lowest BCUT2D eigenvalue weighted by molar-refractivity contribution is -0.131. The summed E-state index contributed by atoms with van der Waals surface area (Å²) in [6.45, 7) is 6.81. The molecule has 1 unspecified atom stereocenters. The number of aromatic nitrogens is 2. The first-order valence-corrected chi connectivity index (χ1v) is 8.17. The summed E-state index contributed by atoms with van der Waals surface area (Å²) in [5.41, 5.74) is 3.90. The van der Waals surface area contributed by atoms with Gasteiger partial charge >= 0.3 is 0 Å². The second-order valence-corrected chi connectivity index (χ2v) is 6.42. The lowest BCUT2D eigenvalue weighted by Gasteiger charge is -2.25. The Bertz CT molecular complexity index is 708. The molecule has 2 aromatic rings. The van der Waals surface area contributed by atoms with Gasteiger partial charge in [0, 0.05) is 19.5 Å². The van der Waals surface area contributed by atoms with Crippen molar-refractivity contribution in [3.63, 3.8) is 0 Å². The number of amides is 1. The van der Waals surface area contributed by atoms with Gasteiger partial charge in [-0.15, -0.1) is 0 Å². The van der Waals surface area contributed by atoms with E-state index in [0.717, 1.165) is 25.8 Å². The Morgan fingerprint density at radius 2 is 2.17 bits per heavy atom. The number of likely N-dealkylation sites (tertiary alicyclic amines) is 1. The highest BCUT2D eigenvalue weighted by atomic mass is 16.5. The lowest BCUT2D eigenvalue weighted by atomic mass is 9.97. The molecule has 0 aliphatic carbocycles. The second kappa shape index (κ2) is 6.52. The maximum atomic E-state index is 12.6. The minimum absolute atomic E-state index is 0.0959. The van der Waals surface area contributed by atoms with Crippen molar-refractivity contribution in [1.29, 1.82) is 0 Å². The summed E-state index contributed by atoms with van der Waals surface area (Å²) < 4.78 is 4.95. The van der Waals surface area contributed by atoms with Crippen LogP contribution in [0.25, 0.3) is 0 Å². The van der Waals surface area contributed by atoms with Crippen LogP contribution in [-0.4, -0.2) is 33.5 Å². The zero-order chi connectivity index (χ0) is 16.4. The second-order valence-electron chi connectivity index (χ2n) is 6.42. The summed E-state index contributed by atoms with van der Waals surface area (Å²) in [4.78, 5) is 18.7. The molecule has 0 spiro atoms. The molecular weight excluding hydrogens is 290 g/mol. The van der Waals surface area contributed by atoms with Crippen molar-refractivity contribution in [2.45, 2.75) is 52.5 Å². The molecule has 0 bridgehead atoms. The normalized spacial score (nSPS) is 17.7. The average molecular weight is 313 g/mol. The maximum absolute atomic E-state index is 12.6. The van der Waals surface area contributed by atoms with Crippen molar-refractivity contribution in [3.8, 4) is 0 Å². The van der Waals surface area contributed by atoms with E-state index in [1.165, 1.54) is 16.7 Å².